The number of ketones is 1. The summed E-state index contributed by atoms with van der Waals surface area (Å²) in [5, 5.41) is 1.06. The van der Waals surface area contributed by atoms with E-state index in [1.807, 2.05) is 0 Å². The van der Waals surface area contributed by atoms with E-state index in [2.05, 4.69) is 4.84 Å². The van der Waals surface area contributed by atoms with Gasteiger partial charge < -0.3 is 0 Å². The third-order valence-corrected chi connectivity index (χ3v) is 1.59. The van der Waals surface area contributed by atoms with Crippen molar-refractivity contribution < 1.29 is 14.4 Å². The molecule has 0 aromatic heterocycles. The zero-order valence-electron chi connectivity index (χ0n) is 7.96. The molecular weight excluding hydrogens is 158 g/mol. The van der Waals surface area contributed by atoms with Gasteiger partial charge in [0.2, 0.25) is 0 Å². The van der Waals surface area contributed by atoms with E-state index in [9.17, 15) is 9.59 Å². The van der Waals surface area contributed by atoms with Gasteiger partial charge in [0.05, 0.1) is 13.5 Å². The zero-order chi connectivity index (χ0) is 9.72. The topological polar surface area (TPSA) is 46.6 Å². The minimum Gasteiger partial charge on any atom is -0.299 e. The molecule has 70 valence electrons. The Kier molecular flexibility index (Phi) is 4.51. The van der Waals surface area contributed by atoms with E-state index in [1.54, 1.807) is 13.8 Å². The van der Waals surface area contributed by atoms with Crippen LogP contribution in [-0.2, 0) is 14.4 Å². The fourth-order valence-electron chi connectivity index (χ4n) is 0.566. The number of Topliss-reactive ketones (excluding diaryl/α,β-unsaturated/α-hetero) is 1. The van der Waals surface area contributed by atoms with Gasteiger partial charge in [-0.1, -0.05) is 13.8 Å². The number of carbonyl (C=O) groups excluding carboxylic acids is 2. The van der Waals surface area contributed by atoms with E-state index in [1.165, 1.54) is 14.2 Å². The fourth-order valence-corrected chi connectivity index (χ4v) is 0.566. The maximum atomic E-state index is 11.1. The average molecular weight is 173 g/mol. The van der Waals surface area contributed by atoms with Gasteiger partial charge in [0.25, 0.3) is 5.91 Å². The Bertz CT molecular complexity index is 177. The van der Waals surface area contributed by atoms with Crippen LogP contribution in [0.3, 0.4) is 0 Å². The van der Waals surface area contributed by atoms with Crippen LogP contribution in [0.5, 0.6) is 0 Å². The lowest BCUT2D eigenvalue weighted by atomic mass is 10.1. The minimum absolute atomic E-state index is 0.0658. The van der Waals surface area contributed by atoms with Crippen molar-refractivity contribution in [2.75, 3.05) is 14.2 Å². The van der Waals surface area contributed by atoms with Crippen molar-refractivity contribution in [1.29, 1.82) is 0 Å². The molecule has 0 aliphatic heterocycles. The second kappa shape index (κ2) is 4.87. The maximum absolute atomic E-state index is 11.1. The first kappa shape index (κ1) is 11.1. The van der Waals surface area contributed by atoms with Crippen LogP contribution in [0.1, 0.15) is 20.3 Å². The van der Waals surface area contributed by atoms with Crippen molar-refractivity contribution in [1.82, 2.24) is 5.06 Å². The molecule has 0 saturated carbocycles. The fraction of sp³-hybridized carbons (Fsp3) is 0.750. The Hall–Kier alpha value is -0.900. The number of nitrogens with zero attached hydrogens (tertiary/aromatic N) is 1. The lowest BCUT2D eigenvalue weighted by Gasteiger charge is -2.13. The Morgan fingerprint density at radius 2 is 1.92 bits per heavy atom. The highest BCUT2D eigenvalue weighted by Gasteiger charge is 2.15. The quantitative estimate of drug-likeness (QED) is 0.462. The van der Waals surface area contributed by atoms with E-state index < -0.39 is 0 Å². The average Bonchev–Trinajstić information content (AvgIpc) is 2.02. The second-order valence-corrected chi connectivity index (χ2v) is 2.87. The number of hydrogen-bond acceptors (Lipinski definition) is 3. The third-order valence-electron chi connectivity index (χ3n) is 1.59. The van der Waals surface area contributed by atoms with Gasteiger partial charge in [-0.05, 0) is 0 Å². The summed E-state index contributed by atoms with van der Waals surface area (Å²) >= 11 is 0. The molecule has 0 rings (SSSR count). The molecule has 0 heterocycles. The number of rotatable bonds is 4. The molecule has 0 unspecified atom stereocenters. The van der Waals surface area contributed by atoms with Crippen LogP contribution in [0, 0.1) is 5.92 Å². The number of amides is 1. The molecule has 1 amide bonds. The largest absolute Gasteiger partial charge is 0.299 e. The molecule has 12 heavy (non-hydrogen) atoms. The van der Waals surface area contributed by atoms with Crippen molar-refractivity contribution in [3.8, 4) is 0 Å². The second-order valence-electron chi connectivity index (χ2n) is 2.87. The summed E-state index contributed by atoms with van der Waals surface area (Å²) < 4.78 is 0. The molecule has 0 N–H and O–H groups in total. The minimum atomic E-state index is -0.309. The van der Waals surface area contributed by atoms with Crippen molar-refractivity contribution in [3.05, 3.63) is 0 Å². The lowest BCUT2D eigenvalue weighted by Crippen LogP contribution is -2.28. The first-order valence-electron chi connectivity index (χ1n) is 3.82. The molecule has 0 aliphatic rings. The van der Waals surface area contributed by atoms with Gasteiger partial charge in [-0.2, -0.15) is 0 Å². The Labute approximate surface area is 72.4 Å². The normalized spacial score (nSPS) is 10.1. The van der Waals surface area contributed by atoms with E-state index in [4.69, 9.17) is 0 Å². The van der Waals surface area contributed by atoms with Gasteiger partial charge in [-0.3, -0.25) is 14.4 Å². The Balaban J connectivity index is 3.93. The smallest absolute Gasteiger partial charge is 0.253 e. The van der Waals surface area contributed by atoms with Crippen molar-refractivity contribution in [3.63, 3.8) is 0 Å². The van der Waals surface area contributed by atoms with Crippen LogP contribution in [0.2, 0.25) is 0 Å². The summed E-state index contributed by atoms with van der Waals surface area (Å²) in [6.07, 6.45) is -0.0813. The molecule has 0 aromatic carbocycles. The highest BCUT2D eigenvalue weighted by molar-refractivity contribution is 5.98. The summed E-state index contributed by atoms with van der Waals surface area (Å²) in [4.78, 5) is 26.8. The molecule has 0 aliphatic carbocycles. The molecule has 4 heteroatoms. The van der Waals surface area contributed by atoms with E-state index in [0.717, 1.165) is 5.06 Å². The molecular formula is C8H15NO3. The van der Waals surface area contributed by atoms with Gasteiger partial charge >= 0.3 is 0 Å². The zero-order valence-corrected chi connectivity index (χ0v) is 7.96. The van der Waals surface area contributed by atoms with Gasteiger partial charge in [0.1, 0.15) is 5.78 Å². The lowest BCUT2D eigenvalue weighted by molar-refractivity contribution is -0.169. The molecule has 0 bridgehead atoms. The maximum Gasteiger partial charge on any atom is 0.253 e. The predicted molar refractivity (Wildman–Crippen MR) is 44.2 cm³/mol. The van der Waals surface area contributed by atoms with Gasteiger partial charge in [-0.15, -0.1) is 0 Å². The van der Waals surface area contributed by atoms with Crippen LogP contribution >= 0.6 is 0 Å². The summed E-state index contributed by atoms with van der Waals surface area (Å²) in [6.45, 7) is 3.53. The summed E-state index contributed by atoms with van der Waals surface area (Å²) in [6, 6.07) is 0. The highest BCUT2D eigenvalue weighted by Crippen LogP contribution is 2.00. The summed E-state index contributed by atoms with van der Waals surface area (Å²) in [7, 11) is 2.87. The molecule has 0 atom stereocenters. The van der Waals surface area contributed by atoms with E-state index in [-0.39, 0.29) is 24.0 Å². The standard InChI is InChI=1S/C8H15NO3/c1-6(2)7(10)5-8(11)9(3)12-4/h6H,5H2,1-4H3. The van der Waals surface area contributed by atoms with Gasteiger partial charge in [0.15, 0.2) is 0 Å². The van der Waals surface area contributed by atoms with Gasteiger partial charge in [0, 0.05) is 13.0 Å². The Morgan fingerprint density at radius 1 is 1.42 bits per heavy atom. The van der Waals surface area contributed by atoms with Crippen molar-refractivity contribution in [2.24, 2.45) is 5.92 Å². The molecule has 4 nitrogen and oxygen atoms in total. The number of hydroxylamine groups is 2. The first-order valence-corrected chi connectivity index (χ1v) is 3.82. The van der Waals surface area contributed by atoms with Crippen LogP contribution in [0.4, 0.5) is 0 Å². The Morgan fingerprint density at radius 3 is 2.25 bits per heavy atom. The first-order chi connectivity index (χ1) is 5.49. The molecule has 0 aromatic rings. The van der Waals surface area contributed by atoms with Crippen LogP contribution in [-0.4, -0.2) is 30.9 Å². The summed E-state index contributed by atoms with van der Waals surface area (Å²) in [5.74, 6) is -0.473. The molecule has 0 fully saturated rings. The van der Waals surface area contributed by atoms with Crippen LogP contribution in [0.15, 0.2) is 0 Å². The third kappa shape index (κ3) is 3.48. The predicted octanol–water partition coefficient (Wildman–Crippen LogP) is 0.621. The molecule has 0 radical (unpaired) electrons. The van der Waals surface area contributed by atoms with E-state index in [0.29, 0.717) is 0 Å². The monoisotopic (exact) mass is 173 g/mol. The molecule has 0 saturated heterocycles. The van der Waals surface area contributed by atoms with Crippen molar-refractivity contribution in [2.45, 2.75) is 20.3 Å². The number of hydrogen-bond donors (Lipinski definition) is 0. The van der Waals surface area contributed by atoms with Crippen LogP contribution in [0.25, 0.3) is 0 Å². The SMILES string of the molecule is CON(C)C(=O)CC(=O)C(C)C. The van der Waals surface area contributed by atoms with E-state index >= 15 is 0 Å². The highest BCUT2D eigenvalue weighted by atomic mass is 16.7. The number of carbonyl (C=O) groups is 2. The van der Waals surface area contributed by atoms with Crippen LogP contribution < -0.4 is 0 Å². The van der Waals surface area contributed by atoms with Crippen molar-refractivity contribution >= 4 is 11.7 Å². The molecule has 0 spiro atoms. The summed E-state index contributed by atoms with van der Waals surface area (Å²) in [5.41, 5.74) is 0. The van der Waals surface area contributed by atoms with Gasteiger partial charge in [-0.25, -0.2) is 5.06 Å².